The van der Waals surface area contributed by atoms with E-state index >= 15 is 0 Å². The molecule has 1 atom stereocenters. The zero-order valence-electron chi connectivity index (χ0n) is 12.3. The van der Waals surface area contributed by atoms with Gasteiger partial charge in [0, 0.05) is 25.0 Å². The summed E-state index contributed by atoms with van der Waals surface area (Å²) in [6, 6.07) is 1.67. The van der Waals surface area contributed by atoms with Crippen molar-refractivity contribution >= 4 is 23.5 Å². The molecule has 5 nitrogen and oxygen atoms in total. The standard InChI is InChI=1S/C15H19ClN2O3/c1-3-21-15(20)11-5-4-6-18(9-11)14(19)12-8-17-10(2)7-13(12)16/h7-8,11H,3-6,9H2,1-2H3. The van der Waals surface area contributed by atoms with Crippen molar-refractivity contribution in [1.82, 2.24) is 9.88 Å². The molecule has 1 aromatic rings. The van der Waals surface area contributed by atoms with Crippen molar-refractivity contribution in [2.75, 3.05) is 19.7 Å². The lowest BCUT2D eigenvalue weighted by Crippen LogP contribution is -2.43. The van der Waals surface area contributed by atoms with Gasteiger partial charge in [-0.15, -0.1) is 0 Å². The molecule has 1 aliphatic heterocycles. The predicted molar refractivity (Wildman–Crippen MR) is 79.2 cm³/mol. The second kappa shape index (κ2) is 6.89. The van der Waals surface area contributed by atoms with Crippen LogP contribution in [-0.2, 0) is 9.53 Å². The molecule has 0 radical (unpaired) electrons. The van der Waals surface area contributed by atoms with E-state index in [1.54, 1.807) is 17.9 Å². The molecule has 1 unspecified atom stereocenters. The molecule has 0 aliphatic carbocycles. The number of ether oxygens (including phenoxy) is 1. The minimum Gasteiger partial charge on any atom is -0.466 e. The van der Waals surface area contributed by atoms with E-state index in [2.05, 4.69) is 4.98 Å². The summed E-state index contributed by atoms with van der Waals surface area (Å²) in [5, 5.41) is 0.394. The molecule has 1 saturated heterocycles. The molecule has 1 fully saturated rings. The van der Waals surface area contributed by atoms with Crippen molar-refractivity contribution in [2.45, 2.75) is 26.7 Å². The minimum absolute atomic E-state index is 0.179. The van der Waals surface area contributed by atoms with Crippen molar-refractivity contribution in [1.29, 1.82) is 0 Å². The van der Waals surface area contributed by atoms with Crippen LogP contribution in [0.4, 0.5) is 0 Å². The molecule has 1 aromatic heterocycles. The Morgan fingerprint density at radius 1 is 1.52 bits per heavy atom. The smallest absolute Gasteiger partial charge is 0.310 e. The Balaban J connectivity index is 2.10. The lowest BCUT2D eigenvalue weighted by molar-refractivity contribution is -0.149. The number of likely N-dealkylation sites (tertiary alicyclic amines) is 1. The van der Waals surface area contributed by atoms with Crippen molar-refractivity contribution in [3.05, 3.63) is 28.5 Å². The van der Waals surface area contributed by atoms with Gasteiger partial charge in [0.2, 0.25) is 0 Å². The number of aromatic nitrogens is 1. The Morgan fingerprint density at radius 2 is 2.29 bits per heavy atom. The SMILES string of the molecule is CCOC(=O)C1CCCN(C(=O)c2cnc(C)cc2Cl)C1. The first-order valence-corrected chi connectivity index (χ1v) is 7.48. The van der Waals surface area contributed by atoms with Gasteiger partial charge in [0.05, 0.1) is 23.1 Å². The van der Waals surface area contributed by atoms with E-state index in [1.807, 2.05) is 6.92 Å². The maximum absolute atomic E-state index is 12.5. The largest absolute Gasteiger partial charge is 0.466 e. The minimum atomic E-state index is -0.250. The van der Waals surface area contributed by atoms with Gasteiger partial charge < -0.3 is 9.64 Å². The summed E-state index contributed by atoms with van der Waals surface area (Å²) in [6.07, 6.45) is 3.03. The average molecular weight is 311 g/mol. The van der Waals surface area contributed by atoms with Gasteiger partial charge in [-0.05, 0) is 32.8 Å². The number of hydrogen-bond acceptors (Lipinski definition) is 4. The highest BCUT2D eigenvalue weighted by atomic mass is 35.5. The van der Waals surface area contributed by atoms with Crippen LogP contribution in [0.25, 0.3) is 0 Å². The molecule has 2 rings (SSSR count). The van der Waals surface area contributed by atoms with E-state index in [0.29, 0.717) is 30.3 Å². The maximum Gasteiger partial charge on any atom is 0.310 e. The Kier molecular flexibility index (Phi) is 5.17. The fourth-order valence-electron chi connectivity index (χ4n) is 2.47. The number of esters is 1. The quantitative estimate of drug-likeness (QED) is 0.805. The zero-order chi connectivity index (χ0) is 15.4. The van der Waals surface area contributed by atoms with Crippen LogP contribution in [0.15, 0.2) is 12.3 Å². The summed E-state index contributed by atoms with van der Waals surface area (Å²) in [7, 11) is 0. The van der Waals surface area contributed by atoms with Crippen molar-refractivity contribution in [3.8, 4) is 0 Å². The predicted octanol–water partition coefficient (Wildman–Crippen LogP) is 2.46. The van der Waals surface area contributed by atoms with Crippen molar-refractivity contribution in [2.24, 2.45) is 5.92 Å². The highest BCUT2D eigenvalue weighted by Crippen LogP contribution is 2.23. The van der Waals surface area contributed by atoms with Crippen LogP contribution in [0.1, 0.15) is 35.8 Å². The Labute approximate surface area is 129 Å². The molecule has 0 spiro atoms. The number of hydrogen-bond donors (Lipinski definition) is 0. The van der Waals surface area contributed by atoms with Crippen LogP contribution in [0.2, 0.25) is 5.02 Å². The molecule has 21 heavy (non-hydrogen) atoms. The molecule has 0 N–H and O–H groups in total. The number of rotatable bonds is 3. The third-order valence-corrected chi connectivity index (χ3v) is 3.86. The van der Waals surface area contributed by atoms with Gasteiger partial charge in [-0.3, -0.25) is 14.6 Å². The first-order valence-electron chi connectivity index (χ1n) is 7.11. The second-order valence-electron chi connectivity index (χ2n) is 5.15. The molecular weight excluding hydrogens is 292 g/mol. The van der Waals surface area contributed by atoms with Crippen molar-refractivity contribution < 1.29 is 14.3 Å². The van der Waals surface area contributed by atoms with E-state index in [0.717, 1.165) is 18.5 Å². The van der Waals surface area contributed by atoms with Gasteiger partial charge in [-0.1, -0.05) is 11.6 Å². The topological polar surface area (TPSA) is 59.5 Å². The molecule has 0 bridgehead atoms. The van der Waals surface area contributed by atoms with Gasteiger partial charge in [0.15, 0.2) is 0 Å². The number of pyridine rings is 1. The molecule has 1 amide bonds. The van der Waals surface area contributed by atoms with E-state index in [4.69, 9.17) is 16.3 Å². The summed E-state index contributed by atoms with van der Waals surface area (Å²) in [4.78, 5) is 30.1. The summed E-state index contributed by atoms with van der Waals surface area (Å²) in [6.45, 7) is 4.96. The monoisotopic (exact) mass is 310 g/mol. The Bertz CT molecular complexity index is 548. The van der Waals surface area contributed by atoms with E-state index in [1.165, 1.54) is 6.20 Å². The number of carbonyl (C=O) groups excluding carboxylic acids is 2. The van der Waals surface area contributed by atoms with Crippen LogP contribution < -0.4 is 0 Å². The highest BCUT2D eigenvalue weighted by molar-refractivity contribution is 6.33. The van der Waals surface area contributed by atoms with E-state index < -0.39 is 0 Å². The average Bonchev–Trinajstić information content (AvgIpc) is 2.47. The maximum atomic E-state index is 12.5. The van der Waals surface area contributed by atoms with Crippen molar-refractivity contribution in [3.63, 3.8) is 0 Å². The van der Waals surface area contributed by atoms with Crippen LogP contribution in [0.5, 0.6) is 0 Å². The van der Waals surface area contributed by atoms with Gasteiger partial charge in [0.25, 0.3) is 5.91 Å². The normalized spacial score (nSPS) is 18.4. The molecular formula is C15H19ClN2O3. The fourth-order valence-corrected chi connectivity index (χ4v) is 2.76. The molecule has 6 heteroatoms. The van der Waals surface area contributed by atoms with Crippen LogP contribution in [0.3, 0.4) is 0 Å². The van der Waals surface area contributed by atoms with E-state index in [-0.39, 0.29) is 17.8 Å². The number of amides is 1. The number of halogens is 1. The summed E-state index contributed by atoms with van der Waals surface area (Å²) < 4.78 is 5.04. The third kappa shape index (κ3) is 3.73. The van der Waals surface area contributed by atoms with E-state index in [9.17, 15) is 9.59 Å². The van der Waals surface area contributed by atoms with Gasteiger partial charge in [-0.2, -0.15) is 0 Å². The summed E-state index contributed by atoms with van der Waals surface area (Å²) in [5.41, 5.74) is 1.14. The lowest BCUT2D eigenvalue weighted by atomic mass is 9.97. The number of carbonyl (C=O) groups is 2. The summed E-state index contributed by atoms with van der Waals surface area (Å²) in [5.74, 6) is -0.663. The van der Waals surface area contributed by atoms with Crippen LogP contribution in [-0.4, -0.2) is 41.5 Å². The molecule has 1 aliphatic rings. The molecule has 114 valence electrons. The number of aryl methyl sites for hydroxylation is 1. The number of nitrogens with zero attached hydrogens (tertiary/aromatic N) is 2. The fraction of sp³-hybridized carbons (Fsp3) is 0.533. The highest BCUT2D eigenvalue weighted by Gasteiger charge is 2.30. The third-order valence-electron chi connectivity index (χ3n) is 3.55. The van der Waals surface area contributed by atoms with Crippen LogP contribution in [0, 0.1) is 12.8 Å². The molecule has 0 saturated carbocycles. The zero-order valence-corrected chi connectivity index (χ0v) is 13.0. The van der Waals surface area contributed by atoms with Gasteiger partial charge in [0.1, 0.15) is 0 Å². The first kappa shape index (κ1) is 15.8. The van der Waals surface area contributed by atoms with Crippen LogP contribution >= 0.6 is 11.6 Å². The molecule has 0 aromatic carbocycles. The first-order chi connectivity index (χ1) is 10.0. The van der Waals surface area contributed by atoms with Gasteiger partial charge >= 0.3 is 5.97 Å². The number of piperidine rings is 1. The Hall–Kier alpha value is -1.62. The van der Waals surface area contributed by atoms with Gasteiger partial charge in [-0.25, -0.2) is 0 Å². The Morgan fingerprint density at radius 3 is 2.95 bits per heavy atom. The summed E-state index contributed by atoms with van der Waals surface area (Å²) >= 11 is 6.11. The molecule has 2 heterocycles. The second-order valence-corrected chi connectivity index (χ2v) is 5.56. The lowest BCUT2D eigenvalue weighted by Gasteiger charge is -2.31.